The van der Waals surface area contributed by atoms with Crippen LogP contribution in [0.2, 0.25) is 0 Å². The van der Waals surface area contributed by atoms with Gasteiger partial charge in [-0.25, -0.2) is 9.78 Å². The van der Waals surface area contributed by atoms with Crippen molar-refractivity contribution in [3.63, 3.8) is 0 Å². The smallest absolute Gasteiger partial charge is 0.349 e. The molecule has 0 saturated heterocycles. The highest BCUT2D eigenvalue weighted by Crippen LogP contribution is 2.29. The number of thiophene rings is 1. The van der Waals surface area contributed by atoms with Gasteiger partial charge < -0.3 is 9.64 Å². The highest BCUT2D eigenvalue weighted by atomic mass is 32.1. The lowest BCUT2D eigenvalue weighted by Gasteiger charge is -2.20. The van der Waals surface area contributed by atoms with Crippen molar-refractivity contribution >= 4 is 33.4 Å². The van der Waals surface area contributed by atoms with Crippen LogP contribution in [0.25, 0.3) is 10.2 Å². The van der Waals surface area contributed by atoms with Gasteiger partial charge in [0, 0.05) is 26.6 Å². The number of rotatable bonds is 5. The van der Waals surface area contributed by atoms with Crippen molar-refractivity contribution in [2.45, 2.75) is 45.8 Å². The number of hydrogen-bond donors (Lipinski definition) is 0. The topological polar surface area (TPSA) is 105 Å². The summed E-state index contributed by atoms with van der Waals surface area (Å²) < 4.78 is 6.97. The van der Waals surface area contributed by atoms with Crippen molar-refractivity contribution in [2.24, 2.45) is 0 Å². The van der Waals surface area contributed by atoms with Gasteiger partial charge in [0.2, 0.25) is 0 Å². The molecule has 2 aromatic rings. The fraction of sp³-hybridized carbons (Fsp3) is 0.500. The Morgan fingerprint density at radius 3 is 2.93 bits per heavy atom. The molecule has 0 spiro atoms. The minimum atomic E-state index is -0.982. The Bertz CT molecular complexity index is 1020. The minimum Gasteiger partial charge on any atom is -0.448 e. The summed E-state index contributed by atoms with van der Waals surface area (Å²) in [6, 6.07) is 1.97. The van der Waals surface area contributed by atoms with E-state index in [0.29, 0.717) is 27.2 Å². The summed E-state index contributed by atoms with van der Waals surface area (Å²) in [5.41, 5.74) is 0.415. The first-order chi connectivity index (χ1) is 12.8. The number of nitrogens with zero attached hydrogens (tertiary/aromatic N) is 4. The molecule has 1 aliphatic heterocycles. The lowest BCUT2D eigenvalue weighted by Crippen LogP contribution is -2.37. The Hall–Kier alpha value is -2.73. The molecular formula is C18H20N4O4S. The first-order valence-corrected chi connectivity index (χ1v) is 9.52. The molecule has 1 amide bonds. The molecule has 0 aromatic carbocycles. The van der Waals surface area contributed by atoms with Crippen LogP contribution in [0.5, 0.6) is 0 Å². The van der Waals surface area contributed by atoms with Crippen LogP contribution in [0, 0.1) is 18.3 Å². The average molecular weight is 388 g/mol. The zero-order chi connectivity index (χ0) is 19.7. The fourth-order valence-corrected chi connectivity index (χ4v) is 4.25. The number of esters is 1. The molecule has 0 N–H and O–H groups in total. The van der Waals surface area contributed by atoms with E-state index in [-0.39, 0.29) is 24.4 Å². The SMILES string of the molecule is Cc1c(C(=O)O[C@H](C)C(=O)N(C)CCC#N)sc2nc3n(c(=O)c12)CCC3. The zero-order valence-corrected chi connectivity index (χ0v) is 16.3. The molecular weight excluding hydrogens is 368 g/mol. The van der Waals surface area contributed by atoms with Crippen LogP contribution in [0.1, 0.15) is 40.8 Å². The third-order valence-corrected chi connectivity index (χ3v) is 5.83. The molecule has 142 valence electrons. The summed E-state index contributed by atoms with van der Waals surface area (Å²) in [4.78, 5) is 44.2. The van der Waals surface area contributed by atoms with E-state index in [1.807, 2.05) is 6.07 Å². The molecule has 1 atom stereocenters. The monoisotopic (exact) mass is 388 g/mol. The van der Waals surface area contributed by atoms with Crippen LogP contribution in [0.3, 0.4) is 0 Å². The van der Waals surface area contributed by atoms with Crippen LogP contribution in [-0.2, 0) is 22.5 Å². The van der Waals surface area contributed by atoms with Crippen molar-refractivity contribution in [1.29, 1.82) is 5.26 Å². The number of nitriles is 1. The van der Waals surface area contributed by atoms with Crippen molar-refractivity contribution in [3.8, 4) is 6.07 Å². The number of amides is 1. The number of aromatic nitrogens is 2. The molecule has 2 aromatic heterocycles. The van der Waals surface area contributed by atoms with Crippen LogP contribution in [0.4, 0.5) is 0 Å². The summed E-state index contributed by atoms with van der Waals surface area (Å²) in [5.74, 6) is -0.277. The molecule has 0 fully saturated rings. The molecule has 0 aliphatic carbocycles. The van der Waals surface area contributed by atoms with Crippen LogP contribution in [0.15, 0.2) is 4.79 Å². The van der Waals surface area contributed by atoms with Gasteiger partial charge in [-0.2, -0.15) is 5.26 Å². The predicted molar refractivity (Wildman–Crippen MR) is 99.7 cm³/mol. The quantitative estimate of drug-likeness (QED) is 0.721. The largest absolute Gasteiger partial charge is 0.448 e. The molecule has 9 heteroatoms. The van der Waals surface area contributed by atoms with Gasteiger partial charge in [0.1, 0.15) is 15.5 Å². The molecule has 0 radical (unpaired) electrons. The highest BCUT2D eigenvalue weighted by molar-refractivity contribution is 7.20. The molecule has 0 saturated carbocycles. The molecule has 27 heavy (non-hydrogen) atoms. The molecule has 3 heterocycles. The second-order valence-electron chi connectivity index (χ2n) is 6.54. The second kappa shape index (κ2) is 7.48. The van der Waals surface area contributed by atoms with Gasteiger partial charge >= 0.3 is 5.97 Å². The van der Waals surface area contributed by atoms with E-state index < -0.39 is 12.1 Å². The fourth-order valence-electron chi connectivity index (χ4n) is 3.17. The van der Waals surface area contributed by atoms with E-state index in [1.165, 1.54) is 11.8 Å². The number of hydrogen-bond acceptors (Lipinski definition) is 7. The van der Waals surface area contributed by atoms with Gasteiger partial charge in [-0.05, 0) is 25.8 Å². The number of carbonyl (C=O) groups excluding carboxylic acids is 2. The second-order valence-corrected chi connectivity index (χ2v) is 7.54. The number of ether oxygens (including phenoxy) is 1. The number of aryl methyl sites for hydroxylation is 2. The molecule has 0 unspecified atom stereocenters. The van der Waals surface area contributed by atoms with Crippen LogP contribution < -0.4 is 5.56 Å². The number of likely N-dealkylation sites (N-methyl/N-ethyl adjacent to an activating group) is 1. The maximum Gasteiger partial charge on any atom is 0.349 e. The Morgan fingerprint density at radius 2 is 2.22 bits per heavy atom. The highest BCUT2D eigenvalue weighted by Gasteiger charge is 2.27. The Balaban J connectivity index is 1.83. The van der Waals surface area contributed by atoms with Gasteiger partial charge in [0.25, 0.3) is 11.5 Å². The van der Waals surface area contributed by atoms with E-state index in [0.717, 1.165) is 30.0 Å². The summed E-state index contributed by atoms with van der Waals surface area (Å²) in [5, 5.41) is 9.05. The van der Waals surface area contributed by atoms with Gasteiger partial charge in [0.15, 0.2) is 6.10 Å². The number of fused-ring (bicyclic) bond motifs is 2. The van der Waals surface area contributed by atoms with E-state index in [1.54, 1.807) is 18.5 Å². The van der Waals surface area contributed by atoms with E-state index >= 15 is 0 Å². The molecule has 1 aliphatic rings. The van der Waals surface area contributed by atoms with Crippen molar-refractivity contribution < 1.29 is 14.3 Å². The van der Waals surface area contributed by atoms with E-state index in [2.05, 4.69) is 4.98 Å². The van der Waals surface area contributed by atoms with Gasteiger partial charge in [0.05, 0.1) is 17.9 Å². The van der Waals surface area contributed by atoms with E-state index in [9.17, 15) is 14.4 Å². The maximum absolute atomic E-state index is 12.7. The van der Waals surface area contributed by atoms with Gasteiger partial charge in [-0.1, -0.05) is 0 Å². The first-order valence-electron chi connectivity index (χ1n) is 8.70. The average Bonchev–Trinajstić information content (AvgIpc) is 3.24. The van der Waals surface area contributed by atoms with Crippen molar-refractivity contribution in [3.05, 3.63) is 26.6 Å². The van der Waals surface area contributed by atoms with E-state index in [4.69, 9.17) is 10.00 Å². The molecule has 8 nitrogen and oxygen atoms in total. The first kappa shape index (κ1) is 19.0. The zero-order valence-electron chi connectivity index (χ0n) is 15.4. The Kier molecular flexibility index (Phi) is 5.28. The normalized spacial score (nSPS) is 13.9. The van der Waals surface area contributed by atoms with Gasteiger partial charge in [-0.15, -0.1) is 11.3 Å². The predicted octanol–water partition coefficient (Wildman–Crippen LogP) is 1.63. The number of carbonyl (C=O) groups is 2. The van der Waals surface area contributed by atoms with Crippen molar-refractivity contribution in [1.82, 2.24) is 14.5 Å². The lowest BCUT2D eigenvalue weighted by atomic mass is 10.2. The Labute approximate surface area is 160 Å². The standard InChI is InChI=1S/C18H20N4O4S/c1-10-13-15(20-12-6-4-9-22(12)17(13)24)27-14(10)18(25)26-11(2)16(23)21(3)8-5-7-19/h11H,4-6,8-9H2,1-3H3/t11-/m1/s1. The summed E-state index contributed by atoms with van der Waals surface area (Å²) in [7, 11) is 1.56. The summed E-state index contributed by atoms with van der Waals surface area (Å²) in [6.45, 7) is 4.11. The minimum absolute atomic E-state index is 0.124. The maximum atomic E-state index is 12.7. The van der Waals surface area contributed by atoms with Crippen LogP contribution >= 0.6 is 11.3 Å². The van der Waals surface area contributed by atoms with Gasteiger partial charge in [-0.3, -0.25) is 14.2 Å². The third-order valence-electron chi connectivity index (χ3n) is 4.66. The van der Waals surface area contributed by atoms with Crippen molar-refractivity contribution in [2.75, 3.05) is 13.6 Å². The molecule has 3 rings (SSSR count). The molecule has 0 bridgehead atoms. The third kappa shape index (κ3) is 3.45. The summed E-state index contributed by atoms with van der Waals surface area (Å²) in [6.07, 6.45) is 0.873. The summed E-state index contributed by atoms with van der Waals surface area (Å²) >= 11 is 1.12. The Morgan fingerprint density at radius 1 is 1.48 bits per heavy atom. The van der Waals surface area contributed by atoms with Crippen LogP contribution in [-0.4, -0.2) is 46.0 Å². The lowest BCUT2D eigenvalue weighted by molar-refractivity contribution is -0.138.